The number of rotatable bonds is 5. The molecule has 1 atom stereocenters. The summed E-state index contributed by atoms with van der Waals surface area (Å²) in [5, 5.41) is 16.7. The SMILES string of the molecule is Cc1cc([N+](=O)[O-])cc(C(=O)NCC[C@H]2CCCN2)c1F. The van der Waals surface area contributed by atoms with Crippen LogP contribution in [0.2, 0.25) is 0 Å². The predicted molar refractivity (Wildman–Crippen MR) is 75.8 cm³/mol. The number of nitrogens with zero attached hydrogens (tertiary/aromatic N) is 1. The fourth-order valence-electron chi connectivity index (χ4n) is 2.48. The van der Waals surface area contributed by atoms with E-state index in [0.29, 0.717) is 12.6 Å². The Morgan fingerprint density at radius 3 is 2.95 bits per heavy atom. The number of nitro groups is 1. The monoisotopic (exact) mass is 295 g/mol. The summed E-state index contributed by atoms with van der Waals surface area (Å²) in [6.07, 6.45) is 2.96. The number of halogens is 1. The largest absolute Gasteiger partial charge is 0.352 e. The van der Waals surface area contributed by atoms with Crippen LogP contribution in [0, 0.1) is 22.9 Å². The van der Waals surface area contributed by atoms with Crippen molar-refractivity contribution < 1.29 is 14.1 Å². The number of carbonyl (C=O) groups excluding carboxylic acids is 1. The lowest BCUT2D eigenvalue weighted by Gasteiger charge is -2.11. The van der Waals surface area contributed by atoms with Crippen LogP contribution in [0.1, 0.15) is 35.2 Å². The lowest BCUT2D eigenvalue weighted by Crippen LogP contribution is -2.31. The molecule has 1 aliphatic heterocycles. The first-order valence-corrected chi connectivity index (χ1v) is 6.95. The molecule has 1 fully saturated rings. The van der Waals surface area contributed by atoms with Gasteiger partial charge in [0.2, 0.25) is 0 Å². The van der Waals surface area contributed by atoms with Gasteiger partial charge in [0.05, 0.1) is 10.5 Å². The molecule has 1 aromatic rings. The summed E-state index contributed by atoms with van der Waals surface area (Å²) in [6.45, 7) is 2.80. The highest BCUT2D eigenvalue weighted by molar-refractivity contribution is 5.95. The van der Waals surface area contributed by atoms with E-state index in [4.69, 9.17) is 0 Å². The fraction of sp³-hybridized carbons (Fsp3) is 0.500. The summed E-state index contributed by atoms with van der Waals surface area (Å²) >= 11 is 0. The van der Waals surface area contributed by atoms with Gasteiger partial charge in [-0.05, 0) is 38.3 Å². The number of nitro benzene ring substituents is 1. The summed E-state index contributed by atoms with van der Waals surface area (Å²) in [5.74, 6) is -1.32. The second-order valence-electron chi connectivity index (χ2n) is 5.22. The van der Waals surface area contributed by atoms with Crippen LogP contribution >= 0.6 is 0 Å². The highest BCUT2D eigenvalue weighted by Gasteiger charge is 2.20. The average Bonchev–Trinajstić information content (AvgIpc) is 2.94. The summed E-state index contributed by atoms with van der Waals surface area (Å²) < 4.78 is 13.9. The van der Waals surface area contributed by atoms with E-state index < -0.39 is 16.6 Å². The normalized spacial score (nSPS) is 17.7. The van der Waals surface area contributed by atoms with Crippen LogP contribution in [0.4, 0.5) is 10.1 Å². The van der Waals surface area contributed by atoms with Crippen LogP contribution in [-0.4, -0.2) is 30.0 Å². The summed E-state index contributed by atoms with van der Waals surface area (Å²) in [4.78, 5) is 22.1. The van der Waals surface area contributed by atoms with Crippen molar-refractivity contribution in [3.63, 3.8) is 0 Å². The summed E-state index contributed by atoms with van der Waals surface area (Å²) in [5.41, 5.74) is -0.468. The van der Waals surface area contributed by atoms with Gasteiger partial charge in [-0.2, -0.15) is 0 Å². The van der Waals surface area contributed by atoms with Gasteiger partial charge in [0.25, 0.3) is 11.6 Å². The topological polar surface area (TPSA) is 84.3 Å². The second-order valence-corrected chi connectivity index (χ2v) is 5.22. The molecule has 1 aromatic carbocycles. The highest BCUT2D eigenvalue weighted by Crippen LogP contribution is 2.21. The molecule has 0 aromatic heterocycles. The smallest absolute Gasteiger partial charge is 0.270 e. The number of carbonyl (C=O) groups is 1. The maximum absolute atomic E-state index is 13.9. The van der Waals surface area contributed by atoms with Crippen molar-refractivity contribution in [1.82, 2.24) is 10.6 Å². The molecule has 1 saturated heterocycles. The number of nitrogens with one attached hydrogen (secondary N) is 2. The van der Waals surface area contributed by atoms with E-state index in [-0.39, 0.29) is 16.8 Å². The van der Waals surface area contributed by atoms with Crippen LogP contribution < -0.4 is 10.6 Å². The first-order chi connectivity index (χ1) is 9.99. The Balaban J connectivity index is 2.02. The predicted octanol–water partition coefficient (Wildman–Crippen LogP) is 1.91. The number of hydrogen-bond donors (Lipinski definition) is 2. The Kier molecular flexibility index (Phi) is 4.85. The first kappa shape index (κ1) is 15.4. The van der Waals surface area contributed by atoms with Gasteiger partial charge in [-0.25, -0.2) is 4.39 Å². The molecular formula is C14H18FN3O3. The van der Waals surface area contributed by atoms with Gasteiger partial charge >= 0.3 is 0 Å². The minimum absolute atomic E-state index is 0.0896. The molecule has 7 heteroatoms. The Morgan fingerprint density at radius 2 is 2.33 bits per heavy atom. The molecule has 2 N–H and O–H groups in total. The molecule has 2 rings (SSSR count). The zero-order chi connectivity index (χ0) is 15.4. The lowest BCUT2D eigenvalue weighted by atomic mass is 10.1. The third kappa shape index (κ3) is 3.75. The van der Waals surface area contributed by atoms with E-state index >= 15 is 0 Å². The van der Waals surface area contributed by atoms with Crippen molar-refractivity contribution in [1.29, 1.82) is 0 Å². The molecule has 1 heterocycles. The van der Waals surface area contributed by atoms with Crippen LogP contribution in [-0.2, 0) is 0 Å². The van der Waals surface area contributed by atoms with E-state index in [0.717, 1.165) is 37.9 Å². The number of non-ortho nitro benzene ring substituents is 1. The zero-order valence-corrected chi connectivity index (χ0v) is 11.8. The quantitative estimate of drug-likeness (QED) is 0.642. The number of amides is 1. The molecule has 0 radical (unpaired) electrons. The first-order valence-electron chi connectivity index (χ1n) is 6.95. The Morgan fingerprint density at radius 1 is 1.57 bits per heavy atom. The van der Waals surface area contributed by atoms with Crippen molar-refractivity contribution in [3.05, 3.63) is 39.2 Å². The molecule has 0 saturated carbocycles. The standard InChI is InChI=1S/C14H18FN3O3/c1-9-7-11(18(20)21)8-12(13(9)15)14(19)17-6-4-10-3-2-5-16-10/h7-8,10,16H,2-6H2,1H3,(H,17,19)/t10-/m1/s1. The van der Waals surface area contributed by atoms with Crippen LogP contribution in [0.5, 0.6) is 0 Å². The molecule has 1 amide bonds. The van der Waals surface area contributed by atoms with E-state index in [2.05, 4.69) is 10.6 Å². The molecule has 0 bridgehead atoms. The Labute approximate surface area is 121 Å². The van der Waals surface area contributed by atoms with Gasteiger partial charge in [0.1, 0.15) is 5.82 Å². The fourth-order valence-corrected chi connectivity index (χ4v) is 2.48. The number of aryl methyl sites for hydroxylation is 1. The van der Waals surface area contributed by atoms with Crippen molar-refractivity contribution in [2.75, 3.05) is 13.1 Å². The van der Waals surface area contributed by atoms with Gasteiger partial charge in [0.15, 0.2) is 0 Å². The van der Waals surface area contributed by atoms with E-state index in [1.165, 1.54) is 6.92 Å². The molecule has 21 heavy (non-hydrogen) atoms. The van der Waals surface area contributed by atoms with E-state index in [9.17, 15) is 19.3 Å². The minimum atomic E-state index is -0.711. The van der Waals surface area contributed by atoms with Gasteiger partial charge in [-0.15, -0.1) is 0 Å². The average molecular weight is 295 g/mol. The number of benzene rings is 1. The van der Waals surface area contributed by atoms with Crippen LogP contribution in [0.15, 0.2) is 12.1 Å². The summed E-state index contributed by atoms with van der Waals surface area (Å²) in [7, 11) is 0. The van der Waals surface area contributed by atoms with Crippen molar-refractivity contribution in [3.8, 4) is 0 Å². The maximum atomic E-state index is 13.9. The maximum Gasteiger partial charge on any atom is 0.270 e. The van der Waals surface area contributed by atoms with Crippen LogP contribution in [0.25, 0.3) is 0 Å². The molecular weight excluding hydrogens is 277 g/mol. The van der Waals surface area contributed by atoms with Gasteiger partial charge < -0.3 is 10.6 Å². The molecule has 0 spiro atoms. The highest BCUT2D eigenvalue weighted by atomic mass is 19.1. The molecule has 0 aliphatic carbocycles. The van der Waals surface area contributed by atoms with Gasteiger partial charge in [-0.3, -0.25) is 14.9 Å². The molecule has 1 aliphatic rings. The Bertz CT molecular complexity index is 557. The van der Waals surface area contributed by atoms with Crippen molar-refractivity contribution in [2.45, 2.75) is 32.2 Å². The van der Waals surface area contributed by atoms with Crippen molar-refractivity contribution >= 4 is 11.6 Å². The lowest BCUT2D eigenvalue weighted by molar-refractivity contribution is -0.385. The zero-order valence-electron chi connectivity index (χ0n) is 11.8. The molecule has 0 unspecified atom stereocenters. The minimum Gasteiger partial charge on any atom is -0.352 e. The molecule has 114 valence electrons. The van der Waals surface area contributed by atoms with E-state index in [1.54, 1.807) is 0 Å². The Hall–Kier alpha value is -2.02. The van der Waals surface area contributed by atoms with Gasteiger partial charge in [-0.1, -0.05) is 0 Å². The van der Waals surface area contributed by atoms with Gasteiger partial charge in [0, 0.05) is 24.7 Å². The summed E-state index contributed by atoms with van der Waals surface area (Å²) in [6, 6.07) is 2.47. The second kappa shape index (κ2) is 6.62. The third-order valence-electron chi connectivity index (χ3n) is 3.64. The molecule has 6 nitrogen and oxygen atoms in total. The van der Waals surface area contributed by atoms with Crippen LogP contribution in [0.3, 0.4) is 0 Å². The number of hydrogen-bond acceptors (Lipinski definition) is 4. The third-order valence-corrected chi connectivity index (χ3v) is 3.64. The van der Waals surface area contributed by atoms with E-state index in [1.807, 2.05) is 0 Å². The van der Waals surface area contributed by atoms with Crippen molar-refractivity contribution in [2.24, 2.45) is 0 Å².